The van der Waals surface area contributed by atoms with Gasteiger partial charge in [-0.1, -0.05) is 30.3 Å². The van der Waals surface area contributed by atoms with E-state index in [1.807, 2.05) is 30.3 Å². The van der Waals surface area contributed by atoms with Crippen LogP contribution >= 0.6 is 0 Å². The van der Waals surface area contributed by atoms with E-state index in [4.69, 9.17) is 0 Å². The molecule has 24 heavy (non-hydrogen) atoms. The molecule has 3 rings (SSSR count). The Morgan fingerprint density at radius 1 is 1.08 bits per heavy atom. The standard InChI is InChI=1S/C17H14F2N4O/c1-10-15(16(23-22-10)11-5-3-2-4-6-11)21-17(24)20-14-8-7-12(18)9-13(14)19/h2-9H,1H3,(H,22,23)(H2,20,21,24). The van der Waals surface area contributed by atoms with Crippen molar-refractivity contribution >= 4 is 17.4 Å². The van der Waals surface area contributed by atoms with Crippen LogP contribution in [0.1, 0.15) is 5.69 Å². The van der Waals surface area contributed by atoms with Crippen LogP contribution < -0.4 is 10.6 Å². The maximum atomic E-state index is 13.6. The summed E-state index contributed by atoms with van der Waals surface area (Å²) in [5.41, 5.74) is 2.43. The van der Waals surface area contributed by atoms with Gasteiger partial charge in [-0.2, -0.15) is 5.10 Å². The van der Waals surface area contributed by atoms with Gasteiger partial charge in [-0.05, 0) is 19.1 Å². The summed E-state index contributed by atoms with van der Waals surface area (Å²) in [5, 5.41) is 12.0. The minimum atomic E-state index is -0.850. The molecule has 2 amide bonds. The number of nitrogens with zero attached hydrogens (tertiary/aromatic N) is 1. The van der Waals surface area contributed by atoms with Gasteiger partial charge in [-0.3, -0.25) is 5.10 Å². The minimum Gasteiger partial charge on any atom is -0.305 e. The van der Waals surface area contributed by atoms with E-state index in [9.17, 15) is 13.6 Å². The first-order chi connectivity index (χ1) is 11.5. The second kappa shape index (κ2) is 6.49. The lowest BCUT2D eigenvalue weighted by Crippen LogP contribution is -2.20. The van der Waals surface area contributed by atoms with Gasteiger partial charge in [-0.15, -0.1) is 0 Å². The summed E-state index contributed by atoms with van der Waals surface area (Å²) in [6.07, 6.45) is 0. The molecule has 3 N–H and O–H groups in total. The second-order valence-corrected chi connectivity index (χ2v) is 5.14. The van der Waals surface area contributed by atoms with Crippen molar-refractivity contribution in [3.05, 3.63) is 65.9 Å². The molecule has 0 saturated carbocycles. The Hall–Kier alpha value is -3.22. The Labute approximate surface area is 136 Å². The number of aryl methyl sites for hydroxylation is 1. The number of urea groups is 1. The van der Waals surface area contributed by atoms with Crippen molar-refractivity contribution in [3.8, 4) is 11.3 Å². The van der Waals surface area contributed by atoms with E-state index in [1.165, 1.54) is 0 Å². The molecule has 0 fully saturated rings. The Morgan fingerprint density at radius 3 is 2.54 bits per heavy atom. The van der Waals surface area contributed by atoms with E-state index in [0.717, 1.165) is 17.7 Å². The van der Waals surface area contributed by atoms with Crippen LogP contribution in [0.3, 0.4) is 0 Å². The second-order valence-electron chi connectivity index (χ2n) is 5.14. The molecule has 3 aromatic rings. The fourth-order valence-corrected chi connectivity index (χ4v) is 2.24. The molecule has 0 saturated heterocycles. The van der Waals surface area contributed by atoms with Crippen molar-refractivity contribution in [1.82, 2.24) is 10.2 Å². The van der Waals surface area contributed by atoms with Crippen molar-refractivity contribution in [1.29, 1.82) is 0 Å². The molecular formula is C17H14F2N4O. The van der Waals surface area contributed by atoms with E-state index in [0.29, 0.717) is 23.1 Å². The molecule has 0 aliphatic heterocycles. The lowest BCUT2D eigenvalue weighted by atomic mass is 10.1. The van der Waals surface area contributed by atoms with Crippen LogP contribution in [0.4, 0.5) is 25.0 Å². The van der Waals surface area contributed by atoms with E-state index >= 15 is 0 Å². The fourth-order valence-electron chi connectivity index (χ4n) is 2.24. The topological polar surface area (TPSA) is 69.8 Å². The normalized spacial score (nSPS) is 10.5. The summed E-state index contributed by atoms with van der Waals surface area (Å²) in [4.78, 5) is 12.1. The van der Waals surface area contributed by atoms with Gasteiger partial charge < -0.3 is 10.6 Å². The number of anilines is 2. The third-order valence-electron chi connectivity index (χ3n) is 3.41. The van der Waals surface area contributed by atoms with Gasteiger partial charge in [0.05, 0.1) is 17.1 Å². The summed E-state index contributed by atoms with van der Waals surface area (Å²) in [5.74, 6) is -1.56. The quantitative estimate of drug-likeness (QED) is 0.670. The number of rotatable bonds is 3. The van der Waals surface area contributed by atoms with E-state index < -0.39 is 17.7 Å². The number of halogens is 2. The molecular weight excluding hydrogens is 314 g/mol. The molecule has 1 heterocycles. The molecule has 5 nitrogen and oxygen atoms in total. The Kier molecular flexibility index (Phi) is 4.24. The molecule has 2 aromatic carbocycles. The number of H-pyrrole nitrogens is 1. The van der Waals surface area contributed by atoms with Crippen molar-refractivity contribution in [2.75, 3.05) is 10.6 Å². The third kappa shape index (κ3) is 3.24. The van der Waals surface area contributed by atoms with Crippen molar-refractivity contribution in [2.45, 2.75) is 6.92 Å². The zero-order valence-corrected chi connectivity index (χ0v) is 12.7. The van der Waals surface area contributed by atoms with Gasteiger partial charge in [0.25, 0.3) is 0 Å². The van der Waals surface area contributed by atoms with E-state index in [2.05, 4.69) is 20.8 Å². The lowest BCUT2D eigenvalue weighted by molar-refractivity contribution is 0.262. The molecule has 7 heteroatoms. The molecule has 0 unspecified atom stereocenters. The minimum absolute atomic E-state index is 0.115. The first kappa shape index (κ1) is 15.7. The highest BCUT2D eigenvalue weighted by molar-refractivity contribution is 6.02. The van der Waals surface area contributed by atoms with Gasteiger partial charge in [-0.25, -0.2) is 13.6 Å². The Bertz CT molecular complexity index is 878. The highest BCUT2D eigenvalue weighted by Crippen LogP contribution is 2.28. The fraction of sp³-hybridized carbons (Fsp3) is 0.0588. The molecule has 0 atom stereocenters. The predicted molar refractivity (Wildman–Crippen MR) is 87.8 cm³/mol. The number of aromatic nitrogens is 2. The Balaban J connectivity index is 1.81. The predicted octanol–water partition coefficient (Wildman–Crippen LogP) is 4.31. The van der Waals surface area contributed by atoms with Crippen molar-refractivity contribution in [2.24, 2.45) is 0 Å². The number of amides is 2. The summed E-state index contributed by atoms with van der Waals surface area (Å²) >= 11 is 0. The maximum Gasteiger partial charge on any atom is 0.323 e. The molecule has 0 aliphatic carbocycles. The summed E-state index contributed by atoms with van der Waals surface area (Å²) in [6.45, 7) is 1.76. The number of hydrogen-bond acceptors (Lipinski definition) is 2. The van der Waals surface area contributed by atoms with E-state index in [1.54, 1.807) is 6.92 Å². The van der Waals surface area contributed by atoms with E-state index in [-0.39, 0.29) is 5.69 Å². The van der Waals surface area contributed by atoms with Crippen molar-refractivity contribution in [3.63, 3.8) is 0 Å². The lowest BCUT2D eigenvalue weighted by Gasteiger charge is -2.09. The zero-order valence-electron chi connectivity index (χ0n) is 12.7. The maximum absolute atomic E-state index is 13.6. The van der Waals surface area contributed by atoms with Crippen LogP contribution in [-0.4, -0.2) is 16.2 Å². The largest absolute Gasteiger partial charge is 0.323 e. The zero-order chi connectivity index (χ0) is 17.1. The number of hydrogen-bond donors (Lipinski definition) is 3. The van der Waals surface area contributed by atoms with Gasteiger partial charge in [0.15, 0.2) is 0 Å². The van der Waals surface area contributed by atoms with Crippen LogP contribution in [0.2, 0.25) is 0 Å². The van der Waals surface area contributed by atoms with Gasteiger partial charge in [0.1, 0.15) is 17.3 Å². The van der Waals surface area contributed by atoms with Gasteiger partial charge in [0.2, 0.25) is 0 Å². The Morgan fingerprint density at radius 2 is 1.83 bits per heavy atom. The van der Waals surface area contributed by atoms with Crippen LogP contribution in [0.25, 0.3) is 11.3 Å². The number of aromatic amines is 1. The number of carbonyl (C=O) groups excluding carboxylic acids is 1. The molecule has 122 valence electrons. The number of nitrogens with one attached hydrogen (secondary N) is 3. The molecule has 1 aromatic heterocycles. The highest BCUT2D eigenvalue weighted by atomic mass is 19.1. The third-order valence-corrected chi connectivity index (χ3v) is 3.41. The summed E-state index contributed by atoms with van der Waals surface area (Å²) in [7, 11) is 0. The summed E-state index contributed by atoms with van der Waals surface area (Å²) in [6, 6.07) is 11.6. The average Bonchev–Trinajstić information content (AvgIpc) is 2.92. The van der Waals surface area contributed by atoms with Crippen LogP contribution in [0, 0.1) is 18.6 Å². The number of carbonyl (C=O) groups is 1. The summed E-state index contributed by atoms with van der Waals surface area (Å²) < 4.78 is 26.5. The van der Waals surface area contributed by atoms with Gasteiger partial charge >= 0.3 is 6.03 Å². The first-order valence-corrected chi connectivity index (χ1v) is 7.18. The molecule has 0 spiro atoms. The SMILES string of the molecule is Cc1[nH]nc(-c2ccccc2)c1NC(=O)Nc1ccc(F)cc1F. The molecule has 0 radical (unpaired) electrons. The monoisotopic (exact) mass is 328 g/mol. The van der Waals surface area contributed by atoms with Crippen LogP contribution in [-0.2, 0) is 0 Å². The van der Waals surface area contributed by atoms with Crippen LogP contribution in [0.5, 0.6) is 0 Å². The average molecular weight is 328 g/mol. The molecule has 0 bridgehead atoms. The smallest absolute Gasteiger partial charge is 0.305 e. The van der Waals surface area contributed by atoms with Crippen LogP contribution in [0.15, 0.2) is 48.5 Å². The highest BCUT2D eigenvalue weighted by Gasteiger charge is 2.15. The molecule has 0 aliphatic rings. The van der Waals surface area contributed by atoms with Crippen molar-refractivity contribution < 1.29 is 13.6 Å². The number of benzene rings is 2. The van der Waals surface area contributed by atoms with Gasteiger partial charge in [0, 0.05) is 11.6 Å². The first-order valence-electron chi connectivity index (χ1n) is 7.18.